The van der Waals surface area contributed by atoms with E-state index in [2.05, 4.69) is 17.9 Å². The minimum absolute atomic E-state index is 0.350. The van der Waals surface area contributed by atoms with E-state index in [-0.39, 0.29) is 13.8 Å². The van der Waals surface area contributed by atoms with Crippen LogP contribution in [0.2, 0.25) is 0 Å². The van der Waals surface area contributed by atoms with E-state index in [1.807, 2.05) is 0 Å². The Morgan fingerprint density at radius 1 is 1.67 bits per heavy atom. The third-order valence-corrected chi connectivity index (χ3v) is 1.39. The van der Waals surface area contributed by atoms with Gasteiger partial charge in [0.15, 0.2) is 0 Å². The molecule has 0 aromatic carbocycles. The fraction of sp³-hybridized carbons (Fsp3) is 0.714. The molecule has 1 amide bonds. The molecule has 12 heavy (non-hydrogen) atoms. The summed E-state index contributed by atoms with van der Waals surface area (Å²) in [6.45, 7) is 0.478. The lowest BCUT2D eigenvalue weighted by Crippen LogP contribution is -2.50. The fourth-order valence-corrected chi connectivity index (χ4v) is 0.804. The van der Waals surface area contributed by atoms with Crippen LogP contribution in [0.1, 0.15) is 23.5 Å². The predicted molar refractivity (Wildman–Crippen MR) is 48.3 cm³/mol. The molecule has 0 aliphatic rings. The Kier molecular flexibility index (Phi) is 2.51. The smallest absolute Gasteiger partial charge is 0.327 e. The summed E-state index contributed by atoms with van der Waals surface area (Å²) in [5.74, 6) is -1.80. The van der Waals surface area contributed by atoms with Crippen molar-refractivity contribution in [2.75, 3.05) is 0 Å². The first kappa shape index (κ1) is 7.91. The predicted octanol–water partition coefficient (Wildman–Crippen LogP) is 0.284. The molecule has 0 aromatic rings. The van der Waals surface area contributed by atoms with Crippen LogP contribution in [0.15, 0.2) is 0 Å². The zero-order valence-electron chi connectivity index (χ0n) is 8.70. The highest BCUT2D eigenvalue weighted by atomic mass is 32.1. The van der Waals surface area contributed by atoms with Gasteiger partial charge in [0.25, 0.3) is 0 Å². The lowest BCUT2D eigenvalue weighted by molar-refractivity contribution is -0.142. The number of hydrogen-bond acceptors (Lipinski definition) is 3. The van der Waals surface area contributed by atoms with Crippen molar-refractivity contribution < 1.29 is 17.4 Å². The number of nitrogens with one attached hydrogen (secondary N) is 1. The SMILES string of the molecule is [2H]CC(S)(C[2H])[C@H](NC(C)=O)C(=O)O. The van der Waals surface area contributed by atoms with Gasteiger partial charge in [-0.1, -0.05) is 0 Å². The molecule has 0 saturated heterocycles. The molecule has 1 atom stereocenters. The van der Waals surface area contributed by atoms with Gasteiger partial charge in [0.05, 0.1) is 0 Å². The number of rotatable bonds is 3. The third kappa shape index (κ3) is 3.61. The lowest BCUT2D eigenvalue weighted by Gasteiger charge is -2.26. The van der Waals surface area contributed by atoms with Gasteiger partial charge in [0.2, 0.25) is 5.91 Å². The summed E-state index contributed by atoms with van der Waals surface area (Å²) in [6.07, 6.45) is 0. The van der Waals surface area contributed by atoms with Crippen molar-refractivity contribution in [2.24, 2.45) is 0 Å². The second-order valence-corrected chi connectivity index (χ2v) is 3.47. The Hall–Kier alpha value is -0.710. The van der Waals surface area contributed by atoms with Gasteiger partial charge in [-0.05, 0) is 13.8 Å². The molecule has 0 radical (unpaired) electrons. The number of carboxylic acid groups (broad SMARTS) is 1. The summed E-state index contributed by atoms with van der Waals surface area (Å²) in [7, 11) is 0. The van der Waals surface area contributed by atoms with Gasteiger partial charge in [0, 0.05) is 14.4 Å². The zero-order chi connectivity index (χ0) is 11.4. The maximum Gasteiger partial charge on any atom is 0.327 e. The molecule has 0 unspecified atom stereocenters. The van der Waals surface area contributed by atoms with Crippen LogP contribution in [-0.2, 0) is 9.59 Å². The summed E-state index contributed by atoms with van der Waals surface area (Å²) < 4.78 is 12.9. The van der Waals surface area contributed by atoms with Crippen LogP contribution >= 0.6 is 12.6 Å². The van der Waals surface area contributed by atoms with Gasteiger partial charge in [-0.25, -0.2) is 4.79 Å². The van der Waals surface area contributed by atoms with Gasteiger partial charge < -0.3 is 10.4 Å². The number of carboxylic acids is 1. The van der Waals surface area contributed by atoms with Crippen LogP contribution in [0.25, 0.3) is 0 Å². The van der Waals surface area contributed by atoms with Crippen molar-refractivity contribution in [1.29, 1.82) is 0 Å². The summed E-state index contributed by atoms with van der Waals surface area (Å²) in [5.41, 5.74) is 0. The zero-order valence-corrected chi connectivity index (χ0v) is 7.60. The number of amides is 1. The standard InChI is InChI=1S/C7H13NO3S/c1-4(9)8-5(6(10)11)7(2,3)12/h5,12H,1-3H3,(H,8,9)(H,10,11)/t5-/m1/s1/i2D,3D. The van der Waals surface area contributed by atoms with Crippen LogP contribution in [0, 0.1) is 0 Å². The van der Waals surface area contributed by atoms with Crippen molar-refractivity contribution in [3.8, 4) is 0 Å². The van der Waals surface area contributed by atoms with Crippen LogP contribution in [0.3, 0.4) is 0 Å². The minimum Gasteiger partial charge on any atom is -0.480 e. The second-order valence-electron chi connectivity index (χ2n) is 2.58. The van der Waals surface area contributed by atoms with E-state index < -0.39 is 22.7 Å². The molecular weight excluding hydrogens is 178 g/mol. The molecule has 0 saturated carbocycles. The normalized spacial score (nSPS) is 15.8. The first-order chi connectivity index (χ1) is 6.37. The second kappa shape index (κ2) is 3.80. The third-order valence-electron chi connectivity index (χ3n) is 1.13. The van der Waals surface area contributed by atoms with Gasteiger partial charge in [-0.3, -0.25) is 4.79 Å². The van der Waals surface area contributed by atoms with E-state index in [9.17, 15) is 9.59 Å². The highest BCUT2D eigenvalue weighted by molar-refractivity contribution is 7.81. The number of aliphatic carboxylic acids is 1. The molecule has 0 spiro atoms. The maximum atomic E-state index is 10.8. The summed E-state index contributed by atoms with van der Waals surface area (Å²) >= 11 is 3.96. The Labute approximate surface area is 79.6 Å². The Morgan fingerprint density at radius 3 is 2.42 bits per heavy atom. The first-order valence-corrected chi connectivity index (χ1v) is 3.63. The van der Waals surface area contributed by atoms with Crippen molar-refractivity contribution in [3.05, 3.63) is 0 Å². The molecule has 0 fully saturated rings. The van der Waals surface area contributed by atoms with E-state index in [1.54, 1.807) is 0 Å². The number of thiol groups is 1. The topological polar surface area (TPSA) is 66.4 Å². The maximum absolute atomic E-state index is 10.8. The van der Waals surface area contributed by atoms with Gasteiger partial charge in [0.1, 0.15) is 6.04 Å². The van der Waals surface area contributed by atoms with Crippen LogP contribution in [0.5, 0.6) is 0 Å². The van der Waals surface area contributed by atoms with Crippen LogP contribution in [0.4, 0.5) is 0 Å². The van der Waals surface area contributed by atoms with Crippen molar-refractivity contribution in [1.82, 2.24) is 5.32 Å². The van der Waals surface area contributed by atoms with Crippen LogP contribution in [-0.4, -0.2) is 27.8 Å². The highest BCUT2D eigenvalue weighted by Crippen LogP contribution is 2.17. The van der Waals surface area contributed by atoms with Gasteiger partial charge >= 0.3 is 5.97 Å². The fourth-order valence-electron chi connectivity index (χ4n) is 0.629. The van der Waals surface area contributed by atoms with Crippen molar-refractivity contribution in [2.45, 2.75) is 31.5 Å². The van der Waals surface area contributed by atoms with E-state index in [0.717, 1.165) is 0 Å². The molecule has 0 rings (SSSR count). The van der Waals surface area contributed by atoms with Gasteiger partial charge in [-0.2, -0.15) is 12.6 Å². The molecule has 0 aliphatic heterocycles. The number of carbonyl (C=O) groups excluding carboxylic acids is 1. The summed E-state index contributed by atoms with van der Waals surface area (Å²) in [5, 5.41) is 11.0. The van der Waals surface area contributed by atoms with E-state index in [1.165, 1.54) is 6.92 Å². The molecule has 0 heterocycles. The van der Waals surface area contributed by atoms with Crippen molar-refractivity contribution >= 4 is 24.5 Å². The van der Waals surface area contributed by atoms with Crippen LogP contribution < -0.4 is 5.32 Å². The highest BCUT2D eigenvalue weighted by Gasteiger charge is 2.32. The summed E-state index contributed by atoms with van der Waals surface area (Å²) in [4.78, 5) is 21.5. The van der Waals surface area contributed by atoms with E-state index in [0.29, 0.717) is 0 Å². The minimum atomic E-state index is -1.35. The van der Waals surface area contributed by atoms with E-state index >= 15 is 0 Å². The molecule has 5 heteroatoms. The summed E-state index contributed by atoms with van der Waals surface area (Å²) in [6, 6.07) is -1.31. The largest absolute Gasteiger partial charge is 0.480 e. The number of hydrogen-bond donors (Lipinski definition) is 3. The van der Waals surface area contributed by atoms with E-state index in [4.69, 9.17) is 7.85 Å². The average Bonchev–Trinajstić information content (AvgIpc) is 2.12. The first-order valence-electron chi connectivity index (χ1n) is 4.59. The molecular formula is C7H13NO3S. The molecule has 0 bridgehead atoms. The molecule has 70 valence electrons. The molecule has 2 N–H and O–H groups in total. The Balaban J connectivity index is 4.78. The molecule has 4 nitrogen and oxygen atoms in total. The number of carbonyl (C=O) groups is 2. The monoisotopic (exact) mass is 193 g/mol. The van der Waals surface area contributed by atoms with Crippen molar-refractivity contribution in [3.63, 3.8) is 0 Å². The molecule has 0 aliphatic carbocycles. The van der Waals surface area contributed by atoms with Gasteiger partial charge in [-0.15, -0.1) is 0 Å². The Bertz CT molecular complexity index is 233. The average molecular weight is 193 g/mol. The lowest BCUT2D eigenvalue weighted by atomic mass is 10.0. The quantitative estimate of drug-likeness (QED) is 0.564. The Morgan fingerprint density at radius 2 is 2.17 bits per heavy atom. The molecule has 0 aromatic heterocycles.